The average molecular weight is 430 g/mol. The number of phenolic OH excluding ortho intramolecular Hbond substituents is 1. The third-order valence-electron chi connectivity index (χ3n) is 4.08. The van der Waals surface area contributed by atoms with Crippen molar-refractivity contribution in [2.45, 2.75) is 41.2 Å². The monoisotopic (exact) mass is 429 g/mol. The van der Waals surface area contributed by atoms with Crippen LogP contribution < -0.4 is 21.5 Å². The van der Waals surface area contributed by atoms with Crippen molar-refractivity contribution in [3.05, 3.63) is 67.9 Å². The van der Waals surface area contributed by atoms with Crippen molar-refractivity contribution in [2.75, 3.05) is 24.7 Å². The molecule has 0 spiro atoms. The van der Waals surface area contributed by atoms with E-state index in [1.54, 1.807) is 39.2 Å². The van der Waals surface area contributed by atoms with Gasteiger partial charge in [0.15, 0.2) is 5.75 Å². The third kappa shape index (κ3) is 5.75. The van der Waals surface area contributed by atoms with Gasteiger partial charge in [-0.2, -0.15) is 0 Å². The Hall–Kier alpha value is -3.55. The zero-order chi connectivity index (χ0) is 23.7. The maximum atomic E-state index is 12.1. The fraction of sp³-hybridized carbons (Fsp3) is 0.348. The minimum Gasteiger partial charge on any atom is -0.505 e. The highest BCUT2D eigenvalue weighted by atomic mass is 16.3. The summed E-state index contributed by atoms with van der Waals surface area (Å²) in [5.41, 5.74) is -0.959. The second-order valence-electron chi connectivity index (χ2n) is 6.30. The van der Waals surface area contributed by atoms with Crippen LogP contribution in [0.25, 0.3) is 0 Å². The maximum absolute atomic E-state index is 12.1. The van der Waals surface area contributed by atoms with Gasteiger partial charge in [-0.3, -0.25) is 14.4 Å². The highest BCUT2D eigenvalue weighted by Gasteiger charge is 2.23. The molecule has 0 aliphatic heterocycles. The van der Waals surface area contributed by atoms with Crippen LogP contribution in [-0.2, 0) is 6.54 Å². The molecule has 1 heterocycles. The number of aromatic hydroxyl groups is 1. The van der Waals surface area contributed by atoms with Crippen molar-refractivity contribution in [1.29, 1.82) is 0 Å². The molecule has 0 radical (unpaired) electrons. The lowest BCUT2D eigenvalue weighted by molar-refractivity contribution is 0.0824. The first-order valence-electron chi connectivity index (χ1n) is 10.2. The summed E-state index contributed by atoms with van der Waals surface area (Å²) in [6, 6.07) is 8.12. The number of nitrogens with zero attached hydrogens (tertiary/aromatic N) is 1. The summed E-state index contributed by atoms with van der Waals surface area (Å²) in [6.45, 7) is 10.0. The number of aryl methyl sites for hydroxylation is 1. The molecule has 0 aliphatic carbocycles. The van der Waals surface area contributed by atoms with Crippen LogP contribution in [0.3, 0.4) is 0 Å². The van der Waals surface area contributed by atoms with Crippen LogP contribution in [0.15, 0.2) is 44.3 Å². The van der Waals surface area contributed by atoms with E-state index >= 15 is 0 Å². The van der Waals surface area contributed by atoms with Gasteiger partial charge in [-0.25, -0.2) is 0 Å². The van der Waals surface area contributed by atoms with Gasteiger partial charge in [-0.15, -0.1) is 0 Å². The molecule has 0 bridgehead atoms. The highest BCUT2D eigenvalue weighted by molar-refractivity contribution is 5.99. The van der Waals surface area contributed by atoms with E-state index in [0.717, 1.165) is 5.76 Å². The minimum absolute atomic E-state index is 0.0352. The van der Waals surface area contributed by atoms with E-state index in [2.05, 4.69) is 10.6 Å². The number of anilines is 3. The van der Waals surface area contributed by atoms with Gasteiger partial charge < -0.3 is 25.1 Å². The van der Waals surface area contributed by atoms with E-state index in [9.17, 15) is 19.5 Å². The molecule has 1 aromatic heterocycles. The van der Waals surface area contributed by atoms with Crippen LogP contribution in [0.5, 0.6) is 5.75 Å². The van der Waals surface area contributed by atoms with Crippen LogP contribution in [0, 0.1) is 6.92 Å². The first-order chi connectivity index (χ1) is 14.8. The summed E-state index contributed by atoms with van der Waals surface area (Å²) in [6.07, 6.45) is 0. The molecule has 8 nitrogen and oxygen atoms in total. The first kappa shape index (κ1) is 25.5. The largest absolute Gasteiger partial charge is 0.505 e. The standard InChI is InChI=1S/C19H19N3O5.2C2H6/c1-10-7-8-11(27-10)9-20-14-15(18(25)17(14)24)21-13-6-4-5-12(16(13)23)19(26)22(2)3;2*1-2/h4-8,20-21,23H,9H2,1-3H3;2*1-2H3. The van der Waals surface area contributed by atoms with Gasteiger partial charge in [0.1, 0.15) is 22.9 Å². The molecule has 0 atom stereocenters. The maximum Gasteiger partial charge on any atom is 0.257 e. The number of phenols is 1. The van der Waals surface area contributed by atoms with Crippen LogP contribution in [0.1, 0.15) is 49.6 Å². The van der Waals surface area contributed by atoms with E-state index in [0.29, 0.717) is 5.76 Å². The van der Waals surface area contributed by atoms with Gasteiger partial charge in [0, 0.05) is 14.1 Å². The zero-order valence-corrected chi connectivity index (χ0v) is 19.1. The Morgan fingerprint density at radius 1 is 1.00 bits per heavy atom. The van der Waals surface area contributed by atoms with Crippen molar-refractivity contribution in [3.63, 3.8) is 0 Å². The lowest BCUT2D eigenvalue weighted by Gasteiger charge is -2.17. The smallest absolute Gasteiger partial charge is 0.257 e. The van der Waals surface area contributed by atoms with Gasteiger partial charge >= 0.3 is 0 Å². The van der Waals surface area contributed by atoms with Gasteiger partial charge in [-0.05, 0) is 31.2 Å². The number of para-hydroxylation sites is 1. The molecule has 0 aliphatic rings. The van der Waals surface area contributed by atoms with Crippen molar-refractivity contribution >= 4 is 23.0 Å². The number of carbonyl (C=O) groups is 1. The van der Waals surface area contributed by atoms with Crippen LogP contribution in [0.4, 0.5) is 17.1 Å². The molecule has 168 valence electrons. The van der Waals surface area contributed by atoms with Crippen molar-refractivity contribution in [1.82, 2.24) is 4.90 Å². The molecule has 0 fully saturated rings. The number of benzene rings is 1. The molecule has 3 N–H and O–H groups in total. The Labute approximate surface area is 182 Å². The Kier molecular flexibility index (Phi) is 9.53. The van der Waals surface area contributed by atoms with Crippen LogP contribution in [-0.4, -0.2) is 30.0 Å². The number of hydrogen-bond donors (Lipinski definition) is 3. The molecular weight excluding hydrogens is 398 g/mol. The van der Waals surface area contributed by atoms with Gasteiger partial charge in [0.25, 0.3) is 16.8 Å². The summed E-state index contributed by atoms with van der Waals surface area (Å²) >= 11 is 0. The topological polar surface area (TPSA) is 112 Å². The SMILES string of the molecule is CC.CC.Cc1ccc(CNc2c(Nc3cccc(C(=O)N(C)C)c3O)c(=O)c2=O)o1. The summed E-state index contributed by atoms with van der Waals surface area (Å²) in [5, 5.41) is 16.0. The van der Waals surface area contributed by atoms with Crippen molar-refractivity contribution < 1.29 is 14.3 Å². The number of amides is 1. The molecule has 3 rings (SSSR count). The molecular formula is C23H31N3O5. The third-order valence-corrected chi connectivity index (χ3v) is 4.08. The van der Waals surface area contributed by atoms with E-state index in [1.165, 1.54) is 17.0 Å². The molecule has 31 heavy (non-hydrogen) atoms. The zero-order valence-electron chi connectivity index (χ0n) is 19.1. The van der Waals surface area contributed by atoms with Crippen molar-refractivity contribution in [3.8, 4) is 5.75 Å². The second-order valence-corrected chi connectivity index (χ2v) is 6.30. The van der Waals surface area contributed by atoms with E-state index in [4.69, 9.17) is 4.42 Å². The van der Waals surface area contributed by atoms with E-state index in [-0.39, 0.29) is 40.8 Å². The predicted octanol–water partition coefficient (Wildman–Crippen LogP) is 4.00. The quantitative estimate of drug-likeness (QED) is 0.401. The highest BCUT2D eigenvalue weighted by Crippen LogP contribution is 2.32. The van der Waals surface area contributed by atoms with Gasteiger partial charge in [0.05, 0.1) is 17.8 Å². The first-order valence-corrected chi connectivity index (χ1v) is 10.2. The number of rotatable bonds is 6. The fourth-order valence-electron chi connectivity index (χ4n) is 2.63. The Bertz CT molecular complexity index is 1080. The number of carbonyl (C=O) groups excluding carboxylic acids is 1. The number of nitrogens with one attached hydrogen (secondary N) is 2. The summed E-state index contributed by atoms with van der Waals surface area (Å²) in [5.74, 6) is 0.680. The predicted molar refractivity (Wildman–Crippen MR) is 124 cm³/mol. The average Bonchev–Trinajstić information content (AvgIpc) is 3.21. The minimum atomic E-state index is -0.697. The van der Waals surface area contributed by atoms with E-state index in [1.807, 2.05) is 27.7 Å². The summed E-state index contributed by atoms with van der Waals surface area (Å²) in [7, 11) is 3.13. The molecule has 3 aromatic rings. The second kappa shape index (κ2) is 11.6. The van der Waals surface area contributed by atoms with Crippen molar-refractivity contribution in [2.24, 2.45) is 0 Å². The molecule has 0 unspecified atom stereocenters. The molecule has 2 aromatic carbocycles. The fourth-order valence-corrected chi connectivity index (χ4v) is 2.63. The Morgan fingerprint density at radius 2 is 1.61 bits per heavy atom. The lowest BCUT2D eigenvalue weighted by atomic mass is 10.1. The van der Waals surface area contributed by atoms with Crippen LogP contribution in [0.2, 0.25) is 0 Å². The Balaban J connectivity index is 0.00000113. The lowest BCUT2D eigenvalue weighted by Crippen LogP contribution is -2.36. The number of furan rings is 1. The molecule has 0 saturated carbocycles. The van der Waals surface area contributed by atoms with Gasteiger partial charge in [-0.1, -0.05) is 33.8 Å². The number of hydrogen-bond acceptors (Lipinski definition) is 7. The normalized spacial score (nSPS) is 9.77. The van der Waals surface area contributed by atoms with Crippen LogP contribution >= 0.6 is 0 Å². The summed E-state index contributed by atoms with van der Waals surface area (Å²) in [4.78, 5) is 37.3. The Morgan fingerprint density at radius 3 is 2.16 bits per heavy atom. The molecule has 0 saturated heterocycles. The van der Waals surface area contributed by atoms with Gasteiger partial charge in [0.2, 0.25) is 0 Å². The molecule has 1 amide bonds. The summed E-state index contributed by atoms with van der Waals surface area (Å²) < 4.78 is 5.42. The van der Waals surface area contributed by atoms with E-state index < -0.39 is 10.9 Å². The molecule has 8 heteroatoms.